The molecule has 0 spiro atoms. The highest BCUT2D eigenvalue weighted by Gasteiger charge is 2.34. The van der Waals surface area contributed by atoms with Crippen molar-refractivity contribution in [1.82, 2.24) is 4.31 Å². The second kappa shape index (κ2) is 7.84. The van der Waals surface area contributed by atoms with Crippen LogP contribution in [0, 0.1) is 6.92 Å². The minimum atomic E-state index is -3.59. The summed E-state index contributed by atoms with van der Waals surface area (Å²) in [4.78, 5) is 0.230. The molecule has 0 radical (unpaired) electrons. The average Bonchev–Trinajstić information content (AvgIpc) is 2.48. The molecule has 1 aromatic carbocycles. The van der Waals surface area contributed by atoms with Crippen molar-refractivity contribution >= 4 is 34.0 Å². The minimum Gasteiger partial charge on any atom is -0.495 e. The van der Waals surface area contributed by atoms with Gasteiger partial charge in [0.1, 0.15) is 5.75 Å². The Morgan fingerprint density at radius 3 is 2.68 bits per heavy atom. The standard InChI is InChI=1S/C14H21ClN2O3S.ClH/c1-10-7-13(20-2)12(15)8-14(10)21(18,19)17-6-4-3-5-11(17)9-16;/h7-8,11H,3-6,9,16H2,1-2H3;1H. The first-order chi connectivity index (χ1) is 9.91. The van der Waals surface area contributed by atoms with Gasteiger partial charge in [-0.05, 0) is 37.5 Å². The third-order valence-corrected chi connectivity index (χ3v) is 6.27. The Morgan fingerprint density at radius 1 is 1.41 bits per heavy atom. The predicted molar refractivity (Wildman–Crippen MR) is 90.6 cm³/mol. The number of benzene rings is 1. The van der Waals surface area contributed by atoms with Gasteiger partial charge in [0.2, 0.25) is 10.0 Å². The van der Waals surface area contributed by atoms with Gasteiger partial charge in [-0.3, -0.25) is 0 Å². The summed E-state index contributed by atoms with van der Waals surface area (Å²) < 4.78 is 32.4. The van der Waals surface area contributed by atoms with Gasteiger partial charge in [-0.1, -0.05) is 18.0 Å². The van der Waals surface area contributed by atoms with E-state index in [4.69, 9.17) is 22.1 Å². The van der Waals surface area contributed by atoms with Gasteiger partial charge in [-0.25, -0.2) is 8.42 Å². The number of ether oxygens (including phenoxy) is 1. The summed E-state index contributed by atoms with van der Waals surface area (Å²) in [5.41, 5.74) is 6.35. The highest BCUT2D eigenvalue weighted by Crippen LogP contribution is 2.33. The van der Waals surface area contributed by atoms with Crippen LogP contribution in [0.1, 0.15) is 24.8 Å². The number of aryl methyl sites for hydroxylation is 1. The van der Waals surface area contributed by atoms with E-state index in [1.165, 1.54) is 17.5 Å². The number of piperidine rings is 1. The molecule has 1 heterocycles. The number of halogens is 2. The van der Waals surface area contributed by atoms with E-state index >= 15 is 0 Å². The Morgan fingerprint density at radius 2 is 2.09 bits per heavy atom. The highest BCUT2D eigenvalue weighted by molar-refractivity contribution is 7.89. The zero-order chi connectivity index (χ0) is 15.6. The Balaban J connectivity index is 0.00000242. The Kier molecular flexibility index (Phi) is 6.95. The molecule has 1 saturated heterocycles. The molecule has 0 aliphatic carbocycles. The Hall–Kier alpha value is -0.530. The lowest BCUT2D eigenvalue weighted by Gasteiger charge is -2.34. The molecule has 1 fully saturated rings. The lowest BCUT2D eigenvalue weighted by Crippen LogP contribution is -2.47. The maximum absolute atomic E-state index is 12.9. The van der Waals surface area contributed by atoms with Gasteiger partial charge in [0.05, 0.1) is 17.0 Å². The smallest absolute Gasteiger partial charge is 0.243 e. The molecule has 0 amide bonds. The first-order valence-corrected chi connectivity index (χ1v) is 8.79. The monoisotopic (exact) mass is 368 g/mol. The van der Waals surface area contributed by atoms with Crippen LogP contribution in [0.5, 0.6) is 5.75 Å². The van der Waals surface area contributed by atoms with Gasteiger partial charge in [0.15, 0.2) is 0 Å². The van der Waals surface area contributed by atoms with E-state index in [1.54, 1.807) is 13.0 Å². The van der Waals surface area contributed by atoms with Crippen LogP contribution in [0.2, 0.25) is 5.02 Å². The third-order valence-electron chi connectivity index (χ3n) is 3.88. The van der Waals surface area contributed by atoms with Gasteiger partial charge in [0.25, 0.3) is 0 Å². The lowest BCUT2D eigenvalue weighted by molar-refractivity contribution is 0.257. The second-order valence-corrected chi connectivity index (χ2v) is 7.52. The van der Waals surface area contributed by atoms with E-state index < -0.39 is 10.0 Å². The SMILES string of the molecule is COc1cc(C)c(S(=O)(=O)N2CCCCC2CN)cc1Cl.Cl. The Bertz CT molecular complexity index is 623. The number of nitrogens with zero attached hydrogens (tertiary/aromatic N) is 1. The van der Waals surface area contributed by atoms with Crippen LogP contribution in [-0.4, -0.2) is 39.0 Å². The summed E-state index contributed by atoms with van der Waals surface area (Å²) in [6.07, 6.45) is 2.67. The van der Waals surface area contributed by atoms with Crippen molar-refractivity contribution in [1.29, 1.82) is 0 Å². The van der Waals surface area contributed by atoms with E-state index in [1.807, 2.05) is 0 Å². The maximum atomic E-state index is 12.9. The van der Waals surface area contributed by atoms with Crippen molar-refractivity contribution in [2.24, 2.45) is 5.73 Å². The quantitative estimate of drug-likeness (QED) is 0.886. The number of hydrogen-bond acceptors (Lipinski definition) is 4. The molecule has 0 saturated carbocycles. The van der Waals surface area contributed by atoms with Gasteiger partial charge >= 0.3 is 0 Å². The van der Waals surface area contributed by atoms with Crippen LogP contribution in [0.15, 0.2) is 17.0 Å². The minimum absolute atomic E-state index is 0. The van der Waals surface area contributed by atoms with Gasteiger partial charge in [-0.2, -0.15) is 4.31 Å². The average molecular weight is 369 g/mol. The van der Waals surface area contributed by atoms with Crippen LogP contribution in [-0.2, 0) is 10.0 Å². The summed E-state index contributed by atoms with van der Waals surface area (Å²) in [6, 6.07) is 2.98. The van der Waals surface area contributed by atoms with Crippen LogP contribution >= 0.6 is 24.0 Å². The molecule has 8 heteroatoms. The molecular formula is C14H22Cl2N2O3S. The fourth-order valence-electron chi connectivity index (χ4n) is 2.72. The van der Waals surface area contributed by atoms with Crippen molar-refractivity contribution in [3.8, 4) is 5.75 Å². The summed E-state index contributed by atoms with van der Waals surface area (Å²) in [5, 5.41) is 0.294. The molecular weight excluding hydrogens is 347 g/mol. The highest BCUT2D eigenvalue weighted by atomic mass is 35.5. The van der Waals surface area contributed by atoms with Crippen LogP contribution in [0.4, 0.5) is 0 Å². The molecule has 5 nitrogen and oxygen atoms in total. The van der Waals surface area contributed by atoms with Crippen molar-refractivity contribution in [3.63, 3.8) is 0 Å². The molecule has 1 aliphatic heterocycles. The van der Waals surface area contributed by atoms with Gasteiger partial charge in [0, 0.05) is 19.1 Å². The van der Waals surface area contributed by atoms with Gasteiger partial charge < -0.3 is 10.5 Å². The summed E-state index contributed by atoms with van der Waals surface area (Å²) in [5.74, 6) is 0.474. The van der Waals surface area contributed by atoms with Crippen molar-refractivity contribution in [2.45, 2.75) is 37.1 Å². The molecule has 126 valence electrons. The first kappa shape index (κ1) is 19.5. The Labute approximate surface area is 143 Å². The molecule has 1 unspecified atom stereocenters. The molecule has 2 N–H and O–H groups in total. The molecule has 0 aromatic heterocycles. The second-order valence-electron chi connectivity index (χ2n) is 5.25. The topological polar surface area (TPSA) is 72.6 Å². The van der Waals surface area contributed by atoms with Gasteiger partial charge in [-0.15, -0.1) is 12.4 Å². The lowest BCUT2D eigenvalue weighted by atomic mass is 10.1. The van der Waals surface area contributed by atoms with E-state index in [0.29, 0.717) is 29.4 Å². The van der Waals surface area contributed by atoms with E-state index in [0.717, 1.165) is 19.3 Å². The fraction of sp³-hybridized carbons (Fsp3) is 0.571. The fourth-order valence-corrected chi connectivity index (χ4v) is 4.97. The molecule has 1 atom stereocenters. The molecule has 0 bridgehead atoms. The largest absolute Gasteiger partial charge is 0.495 e. The molecule has 1 aliphatic rings. The molecule has 22 heavy (non-hydrogen) atoms. The van der Waals surface area contributed by atoms with E-state index in [9.17, 15) is 8.42 Å². The zero-order valence-electron chi connectivity index (χ0n) is 12.7. The van der Waals surface area contributed by atoms with Crippen LogP contribution in [0.25, 0.3) is 0 Å². The predicted octanol–water partition coefficient (Wildman–Crippen LogP) is 2.58. The van der Waals surface area contributed by atoms with Crippen molar-refractivity contribution in [2.75, 3.05) is 20.2 Å². The summed E-state index contributed by atoms with van der Waals surface area (Å²) in [7, 11) is -2.08. The first-order valence-electron chi connectivity index (χ1n) is 6.98. The zero-order valence-corrected chi connectivity index (χ0v) is 15.1. The number of sulfonamides is 1. The maximum Gasteiger partial charge on any atom is 0.243 e. The number of methoxy groups -OCH3 is 1. The number of rotatable bonds is 4. The summed E-state index contributed by atoms with van der Waals surface area (Å²) in [6.45, 7) is 2.59. The normalized spacial score (nSPS) is 19.5. The number of hydrogen-bond donors (Lipinski definition) is 1. The van der Waals surface area contributed by atoms with Crippen molar-refractivity contribution < 1.29 is 13.2 Å². The van der Waals surface area contributed by atoms with Crippen molar-refractivity contribution in [3.05, 3.63) is 22.7 Å². The van der Waals surface area contributed by atoms with Crippen LogP contribution in [0.3, 0.4) is 0 Å². The number of nitrogens with two attached hydrogens (primary N) is 1. The van der Waals surface area contributed by atoms with E-state index in [-0.39, 0.29) is 23.3 Å². The van der Waals surface area contributed by atoms with E-state index in [2.05, 4.69) is 0 Å². The third kappa shape index (κ3) is 3.68. The molecule has 1 aromatic rings. The van der Waals surface area contributed by atoms with Crippen LogP contribution < -0.4 is 10.5 Å². The molecule has 2 rings (SSSR count). The summed E-state index contributed by atoms with van der Waals surface area (Å²) >= 11 is 6.08.